The summed E-state index contributed by atoms with van der Waals surface area (Å²) in [5, 5.41) is 11.6. The average Bonchev–Trinajstić information content (AvgIpc) is 3.09. The molecule has 0 unspecified atom stereocenters. The lowest BCUT2D eigenvalue weighted by Gasteiger charge is -2.32. The number of hydrogen-bond acceptors (Lipinski definition) is 6. The smallest absolute Gasteiger partial charge is 0.240 e. The van der Waals surface area contributed by atoms with Gasteiger partial charge in [-0.3, -0.25) is 4.79 Å². The minimum atomic E-state index is -0.411. The van der Waals surface area contributed by atoms with Gasteiger partial charge in [-0.05, 0) is 43.7 Å². The van der Waals surface area contributed by atoms with Crippen molar-refractivity contribution in [2.75, 3.05) is 17.9 Å². The molecule has 0 saturated heterocycles. The molecule has 0 fully saturated rings. The number of methoxy groups -OCH3 is 1. The third kappa shape index (κ3) is 3.55. The number of aromatic nitrogens is 3. The molecule has 28 heavy (non-hydrogen) atoms. The molecule has 2 N–H and O–H groups in total. The first-order valence-electron chi connectivity index (χ1n) is 8.92. The molecule has 8 heteroatoms. The molecule has 2 atom stereocenters. The molecule has 144 valence electrons. The molecule has 4 rings (SSSR count). The predicted molar refractivity (Wildman–Crippen MR) is 109 cm³/mol. The molecule has 1 aromatic heterocycles. The molecule has 0 aliphatic carbocycles. The monoisotopic (exact) mass is 395 g/mol. The first-order valence-corrected chi connectivity index (χ1v) is 9.80. The number of hydrogen-bond donors (Lipinski definition) is 2. The number of nitrogens with one attached hydrogen (secondary N) is 2. The van der Waals surface area contributed by atoms with Crippen LogP contribution in [0.25, 0.3) is 0 Å². The van der Waals surface area contributed by atoms with Gasteiger partial charge in [0.25, 0.3) is 0 Å². The van der Waals surface area contributed by atoms with Gasteiger partial charge in [-0.1, -0.05) is 41.6 Å². The van der Waals surface area contributed by atoms with E-state index in [1.54, 1.807) is 7.11 Å². The van der Waals surface area contributed by atoms with Crippen molar-refractivity contribution >= 4 is 23.4 Å². The fraction of sp³-hybridized carbons (Fsp3) is 0.250. The number of fused-ring (bicyclic) bond motifs is 1. The molecule has 0 spiro atoms. The maximum Gasteiger partial charge on any atom is 0.240 e. The number of amides is 1. The van der Waals surface area contributed by atoms with Crippen molar-refractivity contribution in [3.63, 3.8) is 0 Å². The Kier molecular flexibility index (Phi) is 4.95. The average molecular weight is 395 g/mol. The van der Waals surface area contributed by atoms with Crippen LogP contribution >= 0.6 is 11.8 Å². The summed E-state index contributed by atoms with van der Waals surface area (Å²) in [6.45, 7) is 3.89. The molecule has 0 saturated carbocycles. The highest BCUT2D eigenvalue weighted by Crippen LogP contribution is 2.37. The van der Waals surface area contributed by atoms with Crippen LogP contribution in [0.3, 0.4) is 0 Å². The summed E-state index contributed by atoms with van der Waals surface area (Å²) < 4.78 is 7.08. The topological polar surface area (TPSA) is 81.1 Å². The van der Waals surface area contributed by atoms with Gasteiger partial charge in [0.1, 0.15) is 16.8 Å². The maximum atomic E-state index is 13.1. The first-order chi connectivity index (χ1) is 13.5. The van der Waals surface area contributed by atoms with Gasteiger partial charge in [0.15, 0.2) is 0 Å². The van der Waals surface area contributed by atoms with E-state index in [2.05, 4.69) is 20.9 Å². The number of thioether (sulfide) groups is 1. The van der Waals surface area contributed by atoms with Gasteiger partial charge in [0, 0.05) is 5.69 Å². The van der Waals surface area contributed by atoms with Crippen LogP contribution in [-0.2, 0) is 4.79 Å². The largest absolute Gasteiger partial charge is 0.497 e. The number of ether oxygens (including phenoxy) is 1. The zero-order valence-corrected chi connectivity index (χ0v) is 16.7. The Bertz CT molecular complexity index is 985. The molecule has 1 aliphatic rings. The molecule has 0 bridgehead atoms. The molecule has 2 aromatic carbocycles. The molecule has 3 aromatic rings. The van der Waals surface area contributed by atoms with Crippen molar-refractivity contribution in [2.24, 2.45) is 0 Å². The first kappa shape index (κ1) is 18.4. The minimum absolute atomic E-state index is 0.0888. The number of rotatable bonds is 4. The fourth-order valence-corrected chi connectivity index (χ4v) is 4.20. The highest BCUT2D eigenvalue weighted by Gasteiger charge is 2.37. The zero-order chi connectivity index (χ0) is 19.7. The predicted octanol–water partition coefficient (Wildman–Crippen LogP) is 3.30. The summed E-state index contributed by atoms with van der Waals surface area (Å²) in [5.74, 6) is 1.43. The van der Waals surface area contributed by atoms with Crippen molar-refractivity contribution in [3.8, 4) is 5.75 Å². The van der Waals surface area contributed by atoms with Crippen LogP contribution in [0.15, 0.2) is 53.7 Å². The van der Waals surface area contributed by atoms with Crippen LogP contribution in [0.2, 0.25) is 0 Å². The zero-order valence-electron chi connectivity index (χ0n) is 15.8. The molecule has 1 aliphatic heterocycles. The Morgan fingerprint density at radius 2 is 1.82 bits per heavy atom. The highest BCUT2D eigenvalue weighted by atomic mass is 32.2. The molecule has 7 nitrogen and oxygen atoms in total. The maximum absolute atomic E-state index is 13.1. The fourth-order valence-electron chi connectivity index (χ4n) is 3.07. The van der Waals surface area contributed by atoms with Crippen LogP contribution in [0, 0.1) is 13.8 Å². The second-order valence-corrected chi connectivity index (χ2v) is 7.75. The third-order valence-corrected chi connectivity index (χ3v) is 5.87. The molecule has 1 amide bonds. The number of carbonyl (C=O) groups excluding carboxylic acids is 1. The van der Waals surface area contributed by atoms with E-state index in [1.807, 2.05) is 67.1 Å². The van der Waals surface area contributed by atoms with Crippen LogP contribution in [0.4, 0.5) is 5.69 Å². The van der Waals surface area contributed by atoms with Crippen molar-refractivity contribution in [1.82, 2.24) is 14.9 Å². The summed E-state index contributed by atoms with van der Waals surface area (Å²) >= 11 is 1.40. The lowest BCUT2D eigenvalue weighted by Crippen LogP contribution is -2.41. The Balaban J connectivity index is 1.64. The number of anilines is 1. The van der Waals surface area contributed by atoms with Crippen molar-refractivity contribution in [1.29, 1.82) is 0 Å². The van der Waals surface area contributed by atoms with Gasteiger partial charge >= 0.3 is 0 Å². The summed E-state index contributed by atoms with van der Waals surface area (Å²) in [6.07, 6.45) is 0. The minimum Gasteiger partial charge on any atom is -0.497 e. The highest BCUT2D eigenvalue weighted by molar-refractivity contribution is 8.00. The van der Waals surface area contributed by atoms with E-state index in [4.69, 9.17) is 4.74 Å². The van der Waals surface area contributed by atoms with E-state index in [1.165, 1.54) is 11.8 Å². The third-order valence-electron chi connectivity index (χ3n) is 4.65. The van der Waals surface area contributed by atoms with Crippen LogP contribution in [-0.4, -0.2) is 33.1 Å². The van der Waals surface area contributed by atoms with E-state index >= 15 is 0 Å². The number of aryl methyl sites for hydroxylation is 2. The lowest BCUT2D eigenvalue weighted by molar-refractivity contribution is -0.116. The van der Waals surface area contributed by atoms with Gasteiger partial charge in [-0.2, -0.15) is 0 Å². The second kappa shape index (κ2) is 7.55. The van der Waals surface area contributed by atoms with E-state index < -0.39 is 5.25 Å². The Hall–Kier alpha value is -3.00. The standard InChI is InChI=1S/C20H21N5O2S/c1-12-4-8-15(9-5-12)21-19(26)18-17(14-6-10-16(27-3)11-7-14)24-25-13(2)22-23-20(25)28-18/h4-11,17-18,24H,1-3H3,(H,21,26)/t17-,18-/m1/s1. The van der Waals surface area contributed by atoms with Crippen molar-refractivity contribution in [3.05, 3.63) is 65.5 Å². The summed E-state index contributed by atoms with van der Waals surface area (Å²) in [7, 11) is 1.63. The second-order valence-electron chi connectivity index (χ2n) is 6.64. The molecular weight excluding hydrogens is 374 g/mol. The van der Waals surface area contributed by atoms with Crippen LogP contribution in [0.1, 0.15) is 23.0 Å². The van der Waals surface area contributed by atoms with Gasteiger partial charge in [-0.15, -0.1) is 10.2 Å². The summed E-state index contributed by atoms with van der Waals surface area (Å²) in [6, 6.07) is 15.2. The van der Waals surface area contributed by atoms with Gasteiger partial charge in [0.2, 0.25) is 11.1 Å². The Morgan fingerprint density at radius 1 is 1.11 bits per heavy atom. The van der Waals surface area contributed by atoms with E-state index in [0.29, 0.717) is 5.16 Å². The molecular formula is C20H21N5O2S. The summed E-state index contributed by atoms with van der Waals surface area (Å²) in [5.41, 5.74) is 6.29. The normalized spacial score (nSPS) is 18.1. The van der Waals surface area contributed by atoms with Crippen molar-refractivity contribution < 1.29 is 9.53 Å². The van der Waals surface area contributed by atoms with E-state index in [9.17, 15) is 4.79 Å². The lowest BCUT2D eigenvalue weighted by atomic mass is 10.0. The van der Waals surface area contributed by atoms with Gasteiger partial charge in [-0.25, -0.2) is 4.68 Å². The number of benzene rings is 2. The van der Waals surface area contributed by atoms with Crippen molar-refractivity contribution in [2.45, 2.75) is 30.3 Å². The van der Waals surface area contributed by atoms with Crippen LogP contribution in [0.5, 0.6) is 5.75 Å². The number of carbonyl (C=O) groups is 1. The quantitative estimate of drug-likeness (QED) is 0.706. The molecule has 2 heterocycles. The van der Waals surface area contributed by atoms with Gasteiger partial charge < -0.3 is 15.5 Å². The molecule has 0 radical (unpaired) electrons. The van der Waals surface area contributed by atoms with Gasteiger partial charge in [0.05, 0.1) is 13.2 Å². The SMILES string of the molecule is COc1ccc([C@H]2Nn3c(C)nnc3S[C@H]2C(=O)Nc2ccc(C)cc2)cc1. The Labute approximate surface area is 167 Å². The van der Waals surface area contributed by atoms with E-state index in [0.717, 1.165) is 28.4 Å². The number of nitrogens with zero attached hydrogens (tertiary/aromatic N) is 3. The Morgan fingerprint density at radius 3 is 2.50 bits per heavy atom. The van der Waals surface area contributed by atoms with E-state index in [-0.39, 0.29) is 11.9 Å². The van der Waals surface area contributed by atoms with Crippen LogP contribution < -0.4 is 15.5 Å². The summed E-state index contributed by atoms with van der Waals surface area (Å²) in [4.78, 5) is 13.1.